The first kappa shape index (κ1) is 17.1. The van der Waals surface area contributed by atoms with E-state index in [0.717, 1.165) is 11.1 Å². The zero-order valence-electron chi connectivity index (χ0n) is 12.8. The van der Waals surface area contributed by atoms with E-state index >= 15 is 0 Å². The van der Waals surface area contributed by atoms with Crippen LogP contribution >= 0.6 is 11.6 Å². The lowest BCUT2D eigenvalue weighted by molar-refractivity contribution is 0.195. The van der Waals surface area contributed by atoms with Gasteiger partial charge in [-0.3, -0.25) is 0 Å². The Balaban J connectivity index is 1.95. The fourth-order valence-electron chi connectivity index (χ4n) is 2.58. The third-order valence-electron chi connectivity index (χ3n) is 3.70. The Bertz CT molecular complexity index is 661. The Morgan fingerprint density at radius 1 is 1.45 bits per heavy atom. The molecule has 1 saturated heterocycles. The minimum absolute atomic E-state index is 0.0326. The highest BCUT2D eigenvalue weighted by Crippen LogP contribution is 2.16. The molecule has 1 heterocycles. The van der Waals surface area contributed by atoms with Crippen molar-refractivity contribution in [1.29, 1.82) is 0 Å². The molecule has 5 nitrogen and oxygen atoms in total. The molecule has 1 aliphatic rings. The number of carbonyl (C=O) groups excluding carboxylic acids is 1. The van der Waals surface area contributed by atoms with Crippen LogP contribution in [-0.4, -0.2) is 43.9 Å². The van der Waals surface area contributed by atoms with Crippen LogP contribution in [0.3, 0.4) is 0 Å². The molecule has 2 amide bonds. The summed E-state index contributed by atoms with van der Waals surface area (Å²) in [6.07, 6.45) is 0. The topological polar surface area (TPSA) is 66.5 Å². The molecule has 0 spiro atoms. The molecule has 0 bridgehead atoms. The lowest BCUT2D eigenvalue weighted by Crippen LogP contribution is -2.42. The van der Waals surface area contributed by atoms with Crippen molar-refractivity contribution in [2.75, 3.05) is 24.6 Å². The molecule has 0 saturated carbocycles. The van der Waals surface area contributed by atoms with Crippen molar-refractivity contribution in [3.8, 4) is 0 Å². The largest absolute Gasteiger partial charge is 0.334 e. The van der Waals surface area contributed by atoms with Crippen molar-refractivity contribution in [3.05, 3.63) is 34.3 Å². The van der Waals surface area contributed by atoms with E-state index in [1.54, 1.807) is 11.0 Å². The smallest absolute Gasteiger partial charge is 0.317 e. The summed E-state index contributed by atoms with van der Waals surface area (Å²) < 4.78 is 23.5. The lowest BCUT2D eigenvalue weighted by atomic mass is 10.1. The van der Waals surface area contributed by atoms with E-state index in [9.17, 15) is 13.2 Å². The van der Waals surface area contributed by atoms with Crippen LogP contribution < -0.4 is 5.32 Å². The van der Waals surface area contributed by atoms with Gasteiger partial charge in [0.1, 0.15) is 0 Å². The van der Waals surface area contributed by atoms with Crippen LogP contribution in [0.5, 0.6) is 0 Å². The highest BCUT2D eigenvalue weighted by molar-refractivity contribution is 7.91. The minimum atomic E-state index is -3.05. The summed E-state index contributed by atoms with van der Waals surface area (Å²) in [6, 6.07) is 5.37. The Morgan fingerprint density at radius 3 is 2.86 bits per heavy atom. The Labute approximate surface area is 136 Å². The molecule has 0 unspecified atom stereocenters. The fourth-order valence-corrected chi connectivity index (χ4v) is 4.33. The summed E-state index contributed by atoms with van der Waals surface area (Å²) in [7, 11) is -3.05. The normalized spacial score (nSPS) is 21.2. The van der Waals surface area contributed by atoms with Gasteiger partial charge in [0.2, 0.25) is 0 Å². The van der Waals surface area contributed by atoms with E-state index in [4.69, 9.17) is 11.6 Å². The van der Waals surface area contributed by atoms with E-state index in [2.05, 4.69) is 5.32 Å². The Kier molecular flexibility index (Phi) is 5.34. The molecule has 1 aromatic rings. The molecular weight excluding hydrogens is 324 g/mol. The Hall–Kier alpha value is -1.27. The van der Waals surface area contributed by atoms with Crippen molar-refractivity contribution in [2.24, 2.45) is 5.92 Å². The summed E-state index contributed by atoms with van der Waals surface area (Å²) in [5.74, 6) is 0.133. The number of urea groups is 1. The van der Waals surface area contributed by atoms with E-state index in [1.807, 2.05) is 26.0 Å². The number of aryl methyl sites for hydroxylation is 1. The monoisotopic (exact) mass is 344 g/mol. The van der Waals surface area contributed by atoms with E-state index < -0.39 is 9.84 Å². The van der Waals surface area contributed by atoms with Crippen molar-refractivity contribution in [1.82, 2.24) is 10.2 Å². The lowest BCUT2D eigenvalue weighted by Gasteiger charge is -2.22. The van der Waals surface area contributed by atoms with Crippen molar-refractivity contribution < 1.29 is 13.2 Å². The van der Waals surface area contributed by atoms with Crippen molar-refractivity contribution in [2.45, 2.75) is 20.4 Å². The molecule has 7 heteroatoms. The first-order valence-corrected chi connectivity index (χ1v) is 9.45. The number of carbonyl (C=O) groups is 1. The fraction of sp³-hybridized carbons (Fsp3) is 0.533. The average molecular weight is 345 g/mol. The molecule has 1 N–H and O–H groups in total. The minimum Gasteiger partial charge on any atom is -0.334 e. The number of amides is 2. The maximum Gasteiger partial charge on any atom is 0.317 e. The van der Waals surface area contributed by atoms with Gasteiger partial charge in [-0.2, -0.15) is 0 Å². The van der Waals surface area contributed by atoms with Gasteiger partial charge in [0.05, 0.1) is 11.5 Å². The van der Waals surface area contributed by atoms with Crippen molar-refractivity contribution >= 4 is 27.5 Å². The summed E-state index contributed by atoms with van der Waals surface area (Å²) in [4.78, 5) is 13.8. The van der Waals surface area contributed by atoms with Crippen LogP contribution in [0.25, 0.3) is 0 Å². The van der Waals surface area contributed by atoms with E-state index in [1.165, 1.54) is 0 Å². The molecule has 0 aliphatic carbocycles. The highest BCUT2D eigenvalue weighted by Gasteiger charge is 2.26. The number of rotatable bonds is 2. The first-order chi connectivity index (χ1) is 10.3. The predicted octanol–water partition coefficient (Wildman–Crippen LogP) is 2.22. The standard InChI is InChI=1S/C15H21ClN2O3S/c1-11-9-18(5-6-22(20,21)10-11)15(19)17-8-13-3-4-14(16)12(2)7-13/h3-4,7,11H,5-6,8-10H2,1-2H3,(H,17,19)/t11-/m1/s1. The number of nitrogens with zero attached hydrogens (tertiary/aromatic N) is 1. The number of hydrogen-bond acceptors (Lipinski definition) is 3. The molecule has 22 heavy (non-hydrogen) atoms. The number of halogens is 1. The van der Waals surface area contributed by atoms with Gasteiger partial charge in [-0.1, -0.05) is 30.7 Å². The maximum absolute atomic E-state index is 12.2. The van der Waals surface area contributed by atoms with Gasteiger partial charge in [-0.05, 0) is 30.0 Å². The molecule has 1 fully saturated rings. The van der Waals surface area contributed by atoms with Crippen molar-refractivity contribution in [3.63, 3.8) is 0 Å². The summed E-state index contributed by atoms with van der Waals surface area (Å²) in [5.41, 5.74) is 1.92. The van der Waals surface area contributed by atoms with Crippen LogP contribution in [0.2, 0.25) is 5.02 Å². The second-order valence-corrected chi connectivity index (χ2v) is 8.54. The van der Waals surface area contributed by atoms with Crippen LogP contribution in [0.15, 0.2) is 18.2 Å². The first-order valence-electron chi connectivity index (χ1n) is 7.25. The number of nitrogens with one attached hydrogen (secondary N) is 1. The predicted molar refractivity (Wildman–Crippen MR) is 87.8 cm³/mol. The van der Waals surface area contributed by atoms with Gasteiger partial charge in [0, 0.05) is 24.7 Å². The quantitative estimate of drug-likeness (QED) is 0.894. The van der Waals surface area contributed by atoms with Crippen LogP contribution in [0, 0.1) is 12.8 Å². The van der Waals surface area contributed by atoms with Gasteiger partial charge >= 0.3 is 6.03 Å². The maximum atomic E-state index is 12.2. The van der Waals surface area contributed by atoms with Gasteiger partial charge in [0.15, 0.2) is 9.84 Å². The molecule has 122 valence electrons. The Morgan fingerprint density at radius 2 is 2.18 bits per heavy atom. The number of benzene rings is 1. The van der Waals surface area contributed by atoms with Gasteiger partial charge in [-0.25, -0.2) is 13.2 Å². The molecule has 0 aromatic heterocycles. The summed E-state index contributed by atoms with van der Waals surface area (Å²) >= 11 is 5.97. The summed E-state index contributed by atoms with van der Waals surface area (Å²) in [5, 5.41) is 3.54. The molecule has 1 aliphatic heterocycles. The second kappa shape index (κ2) is 6.87. The number of sulfone groups is 1. The van der Waals surface area contributed by atoms with Crippen LogP contribution in [0.1, 0.15) is 18.1 Å². The third kappa shape index (κ3) is 4.61. The van der Waals surface area contributed by atoms with Gasteiger partial charge < -0.3 is 10.2 Å². The molecule has 2 rings (SSSR count). The molecular formula is C15H21ClN2O3S. The zero-order chi connectivity index (χ0) is 16.3. The third-order valence-corrected chi connectivity index (χ3v) is 6.00. The molecule has 0 radical (unpaired) electrons. The molecule has 1 aromatic carbocycles. The molecule has 1 atom stereocenters. The zero-order valence-corrected chi connectivity index (χ0v) is 14.4. The number of hydrogen-bond donors (Lipinski definition) is 1. The van der Waals surface area contributed by atoms with Crippen LogP contribution in [0.4, 0.5) is 4.79 Å². The van der Waals surface area contributed by atoms with Crippen LogP contribution in [-0.2, 0) is 16.4 Å². The summed E-state index contributed by atoms with van der Waals surface area (Å²) in [6.45, 7) is 4.87. The SMILES string of the molecule is Cc1cc(CNC(=O)N2CCS(=O)(=O)C[C@H](C)C2)ccc1Cl. The highest BCUT2D eigenvalue weighted by atomic mass is 35.5. The van der Waals surface area contributed by atoms with Gasteiger partial charge in [0.25, 0.3) is 0 Å². The second-order valence-electron chi connectivity index (χ2n) is 5.91. The van der Waals surface area contributed by atoms with E-state index in [0.29, 0.717) is 18.1 Å². The van der Waals surface area contributed by atoms with E-state index in [-0.39, 0.29) is 30.0 Å². The average Bonchev–Trinajstić information content (AvgIpc) is 2.57. The van der Waals surface area contributed by atoms with Gasteiger partial charge in [-0.15, -0.1) is 0 Å².